The maximum atomic E-state index is 13.6. The first-order valence-corrected chi connectivity index (χ1v) is 11.3. The molecule has 2 aromatic rings. The van der Waals surface area contributed by atoms with Crippen LogP contribution in [0.1, 0.15) is 56.1 Å². The number of ether oxygens (including phenoxy) is 2. The molecule has 4 rings (SSSR count). The van der Waals surface area contributed by atoms with Gasteiger partial charge in [-0.3, -0.25) is 4.79 Å². The normalized spacial score (nSPS) is 20.3. The zero-order valence-electron chi connectivity index (χ0n) is 19.2. The number of ketones is 1. The molecule has 172 valence electrons. The zero-order chi connectivity index (χ0) is 23.5. The Kier molecular flexibility index (Phi) is 6.54. The van der Waals surface area contributed by atoms with E-state index in [-0.39, 0.29) is 17.5 Å². The van der Waals surface area contributed by atoms with Gasteiger partial charge in [-0.25, -0.2) is 4.79 Å². The van der Waals surface area contributed by atoms with Crippen molar-refractivity contribution in [3.05, 3.63) is 82.2 Å². The quantitative estimate of drug-likeness (QED) is 0.624. The van der Waals surface area contributed by atoms with E-state index in [1.807, 2.05) is 44.2 Å². The molecule has 2 aromatic carbocycles. The van der Waals surface area contributed by atoms with Gasteiger partial charge in [-0.15, -0.1) is 0 Å². The Morgan fingerprint density at radius 1 is 1.15 bits per heavy atom. The summed E-state index contributed by atoms with van der Waals surface area (Å²) in [4.78, 5) is 26.6. The molecule has 0 spiro atoms. The number of phenolic OH excluding ortho intramolecular Hbond substituents is 1. The minimum absolute atomic E-state index is 0.0266. The SMILES string of the molecule is CCCOC(=O)C1=C(C)NC2=C(C(=O)C[C@H](c3ccccc3OC)C2)[C@@H]1c1cccc(O)c1. The summed E-state index contributed by atoms with van der Waals surface area (Å²) >= 11 is 0. The van der Waals surface area contributed by atoms with Crippen molar-refractivity contribution < 1.29 is 24.2 Å². The van der Waals surface area contributed by atoms with Gasteiger partial charge in [-0.2, -0.15) is 0 Å². The Balaban J connectivity index is 1.79. The number of dihydropyridines is 1. The predicted molar refractivity (Wildman–Crippen MR) is 125 cm³/mol. The van der Waals surface area contributed by atoms with Crippen molar-refractivity contribution in [3.63, 3.8) is 0 Å². The number of para-hydroxylation sites is 1. The van der Waals surface area contributed by atoms with Gasteiger partial charge in [0.25, 0.3) is 0 Å². The number of allylic oxidation sites excluding steroid dienone is 3. The summed E-state index contributed by atoms with van der Waals surface area (Å²) in [6.45, 7) is 4.07. The highest BCUT2D eigenvalue weighted by molar-refractivity contribution is 6.04. The minimum atomic E-state index is -0.594. The largest absolute Gasteiger partial charge is 0.508 e. The van der Waals surface area contributed by atoms with Crippen LogP contribution < -0.4 is 10.1 Å². The third-order valence-electron chi connectivity index (χ3n) is 6.27. The Morgan fingerprint density at radius 3 is 2.67 bits per heavy atom. The van der Waals surface area contributed by atoms with Crippen LogP contribution in [0.25, 0.3) is 0 Å². The van der Waals surface area contributed by atoms with Crippen LogP contribution in [0.4, 0.5) is 0 Å². The van der Waals surface area contributed by atoms with Crippen molar-refractivity contribution in [2.45, 2.75) is 44.9 Å². The summed E-state index contributed by atoms with van der Waals surface area (Å²) in [5, 5.41) is 13.5. The van der Waals surface area contributed by atoms with Crippen molar-refractivity contribution in [2.24, 2.45) is 0 Å². The minimum Gasteiger partial charge on any atom is -0.508 e. The lowest BCUT2D eigenvalue weighted by molar-refractivity contribution is -0.139. The van der Waals surface area contributed by atoms with Crippen molar-refractivity contribution >= 4 is 11.8 Å². The van der Waals surface area contributed by atoms with Gasteiger partial charge in [0.2, 0.25) is 0 Å². The number of Topliss-reactive ketones (excluding diaryl/α,β-unsaturated/α-hetero) is 1. The number of nitrogens with one attached hydrogen (secondary N) is 1. The van der Waals surface area contributed by atoms with Crippen molar-refractivity contribution in [1.82, 2.24) is 5.32 Å². The monoisotopic (exact) mass is 447 g/mol. The van der Waals surface area contributed by atoms with Crippen LogP contribution >= 0.6 is 0 Å². The van der Waals surface area contributed by atoms with Crippen LogP contribution in [-0.4, -0.2) is 30.6 Å². The lowest BCUT2D eigenvalue weighted by Gasteiger charge is -2.37. The number of methoxy groups -OCH3 is 1. The van der Waals surface area contributed by atoms with Crippen molar-refractivity contribution in [3.8, 4) is 11.5 Å². The molecule has 0 fully saturated rings. The molecule has 0 unspecified atom stereocenters. The van der Waals surface area contributed by atoms with Crippen LogP contribution in [0.5, 0.6) is 11.5 Å². The summed E-state index contributed by atoms with van der Waals surface area (Å²) in [7, 11) is 1.63. The molecule has 0 bridgehead atoms. The van der Waals surface area contributed by atoms with Gasteiger partial charge in [-0.1, -0.05) is 37.3 Å². The van der Waals surface area contributed by atoms with Crippen LogP contribution in [0.15, 0.2) is 71.1 Å². The average Bonchev–Trinajstić information content (AvgIpc) is 2.81. The van der Waals surface area contributed by atoms with Gasteiger partial charge in [0.05, 0.1) is 19.3 Å². The molecule has 1 heterocycles. The van der Waals surface area contributed by atoms with E-state index in [9.17, 15) is 14.7 Å². The number of aromatic hydroxyl groups is 1. The van der Waals surface area contributed by atoms with Gasteiger partial charge in [0, 0.05) is 35.2 Å². The first-order chi connectivity index (χ1) is 15.9. The van der Waals surface area contributed by atoms with E-state index in [0.29, 0.717) is 48.3 Å². The molecule has 2 N–H and O–H groups in total. The fourth-order valence-electron chi connectivity index (χ4n) is 4.84. The third-order valence-corrected chi connectivity index (χ3v) is 6.27. The molecule has 0 radical (unpaired) electrons. The summed E-state index contributed by atoms with van der Waals surface area (Å²) < 4.78 is 11.0. The standard InChI is InChI=1S/C27H29NO5/c1-4-12-33-27(31)24-16(2)28-21-14-18(20-10-5-6-11-23(20)32-3)15-22(30)26(21)25(24)17-8-7-9-19(29)13-17/h5-11,13,18,25,28-29H,4,12,14-15H2,1-3H3/t18-,25-/m1/s1. The van der Waals surface area contributed by atoms with Crippen LogP contribution in [0.3, 0.4) is 0 Å². The Labute approximate surface area is 193 Å². The van der Waals surface area contributed by atoms with Crippen LogP contribution in [0, 0.1) is 0 Å². The number of hydrogen-bond acceptors (Lipinski definition) is 6. The van der Waals surface area contributed by atoms with Crippen molar-refractivity contribution in [2.75, 3.05) is 13.7 Å². The maximum Gasteiger partial charge on any atom is 0.336 e. The molecule has 0 saturated heterocycles. The Hall–Kier alpha value is -3.54. The topological polar surface area (TPSA) is 84.9 Å². The fraction of sp³-hybridized carbons (Fsp3) is 0.333. The molecule has 0 amide bonds. The molecule has 1 aliphatic heterocycles. The lowest BCUT2D eigenvalue weighted by atomic mass is 9.71. The molecule has 0 saturated carbocycles. The number of hydrogen-bond donors (Lipinski definition) is 2. The summed E-state index contributed by atoms with van der Waals surface area (Å²) in [5.41, 5.74) is 4.13. The summed E-state index contributed by atoms with van der Waals surface area (Å²) in [5.74, 6) is -0.254. The highest BCUT2D eigenvalue weighted by Crippen LogP contribution is 2.47. The zero-order valence-corrected chi connectivity index (χ0v) is 19.2. The van der Waals surface area contributed by atoms with Gasteiger partial charge in [0.15, 0.2) is 5.78 Å². The molecule has 0 aromatic heterocycles. The number of benzene rings is 2. The predicted octanol–water partition coefficient (Wildman–Crippen LogP) is 4.72. The van der Waals surface area contributed by atoms with E-state index in [2.05, 4.69) is 5.32 Å². The Morgan fingerprint density at radius 2 is 1.94 bits per heavy atom. The van der Waals surface area contributed by atoms with Gasteiger partial charge in [0.1, 0.15) is 11.5 Å². The fourth-order valence-corrected chi connectivity index (χ4v) is 4.84. The van der Waals surface area contributed by atoms with Gasteiger partial charge >= 0.3 is 5.97 Å². The van der Waals surface area contributed by atoms with Crippen molar-refractivity contribution in [1.29, 1.82) is 0 Å². The lowest BCUT2D eigenvalue weighted by Crippen LogP contribution is -2.36. The number of carbonyl (C=O) groups is 2. The third kappa shape index (κ3) is 4.38. The molecule has 2 aliphatic rings. The molecule has 6 heteroatoms. The van der Waals surface area contributed by atoms with Gasteiger partial charge in [-0.05, 0) is 49.1 Å². The molecule has 1 aliphatic carbocycles. The molecule has 2 atom stereocenters. The van der Waals surface area contributed by atoms with Crippen LogP contribution in [-0.2, 0) is 14.3 Å². The first-order valence-electron chi connectivity index (χ1n) is 11.3. The number of rotatable bonds is 6. The second-order valence-corrected chi connectivity index (χ2v) is 8.49. The maximum absolute atomic E-state index is 13.6. The molecular weight excluding hydrogens is 418 g/mol. The summed E-state index contributed by atoms with van der Waals surface area (Å²) in [6.07, 6.45) is 1.63. The van der Waals surface area contributed by atoms with Gasteiger partial charge < -0.3 is 19.9 Å². The molecule has 33 heavy (non-hydrogen) atoms. The summed E-state index contributed by atoms with van der Waals surface area (Å²) in [6, 6.07) is 14.5. The number of esters is 1. The average molecular weight is 448 g/mol. The van der Waals surface area contributed by atoms with E-state index >= 15 is 0 Å². The first kappa shape index (κ1) is 22.6. The van der Waals surface area contributed by atoms with E-state index in [4.69, 9.17) is 9.47 Å². The number of carbonyl (C=O) groups excluding carboxylic acids is 2. The highest BCUT2D eigenvalue weighted by atomic mass is 16.5. The smallest absolute Gasteiger partial charge is 0.336 e. The second kappa shape index (κ2) is 9.53. The molecular formula is C27H29NO5. The second-order valence-electron chi connectivity index (χ2n) is 8.49. The van der Waals surface area contributed by atoms with E-state index < -0.39 is 11.9 Å². The molecule has 6 nitrogen and oxygen atoms in total. The highest BCUT2D eigenvalue weighted by Gasteiger charge is 2.41. The van der Waals surface area contributed by atoms with Crippen LogP contribution in [0.2, 0.25) is 0 Å². The number of phenols is 1. The Bertz CT molecular complexity index is 1150. The van der Waals surface area contributed by atoms with E-state index in [1.54, 1.807) is 25.3 Å². The van der Waals surface area contributed by atoms with E-state index in [0.717, 1.165) is 17.0 Å². The van der Waals surface area contributed by atoms with E-state index in [1.165, 1.54) is 0 Å².